The molecule has 1 aliphatic carbocycles. The van der Waals surface area contributed by atoms with Gasteiger partial charge in [0, 0.05) is 24.0 Å². The highest BCUT2D eigenvalue weighted by Crippen LogP contribution is 2.37. The Balaban J connectivity index is 1.84. The van der Waals surface area contributed by atoms with E-state index in [-0.39, 0.29) is 17.7 Å². The van der Waals surface area contributed by atoms with Crippen molar-refractivity contribution in [1.29, 1.82) is 0 Å². The van der Waals surface area contributed by atoms with Crippen LogP contribution in [0.3, 0.4) is 0 Å². The highest BCUT2D eigenvalue weighted by molar-refractivity contribution is 5.56. The van der Waals surface area contributed by atoms with Crippen LogP contribution >= 0.6 is 0 Å². The van der Waals surface area contributed by atoms with E-state index in [4.69, 9.17) is 4.74 Å². The molecule has 3 rings (SSSR count). The summed E-state index contributed by atoms with van der Waals surface area (Å²) in [7, 11) is 0. The van der Waals surface area contributed by atoms with E-state index in [2.05, 4.69) is 15.3 Å². The van der Waals surface area contributed by atoms with Crippen LogP contribution in [-0.4, -0.2) is 21.0 Å². The molecule has 1 aromatic carbocycles. The summed E-state index contributed by atoms with van der Waals surface area (Å²) in [6, 6.07) is 5.36. The molecular formula is C16H15F3N4O3. The van der Waals surface area contributed by atoms with Gasteiger partial charge in [0.2, 0.25) is 11.8 Å². The molecule has 0 bridgehead atoms. The third kappa shape index (κ3) is 4.19. The first-order valence-corrected chi connectivity index (χ1v) is 7.95. The highest BCUT2D eigenvalue weighted by atomic mass is 19.4. The number of halogens is 3. The van der Waals surface area contributed by atoms with Crippen molar-refractivity contribution < 1.29 is 22.8 Å². The molecule has 1 fully saturated rings. The van der Waals surface area contributed by atoms with Crippen LogP contribution in [0, 0.1) is 10.1 Å². The van der Waals surface area contributed by atoms with Gasteiger partial charge in [-0.1, -0.05) is 0 Å². The second kappa shape index (κ2) is 7.14. The summed E-state index contributed by atoms with van der Waals surface area (Å²) in [6.45, 7) is 0. The summed E-state index contributed by atoms with van der Waals surface area (Å²) in [6.07, 6.45) is -1.06. The summed E-state index contributed by atoms with van der Waals surface area (Å²) < 4.78 is 44.9. The molecule has 7 nitrogen and oxygen atoms in total. The third-order valence-electron chi connectivity index (χ3n) is 3.97. The minimum Gasteiger partial charge on any atom is -0.474 e. The Labute approximate surface area is 146 Å². The predicted molar refractivity (Wildman–Crippen MR) is 86.3 cm³/mol. The number of rotatable bonds is 5. The first-order valence-electron chi connectivity index (χ1n) is 7.95. The average Bonchev–Trinajstić information content (AvgIpc) is 3.07. The molecule has 10 heteroatoms. The number of non-ortho nitro benzene ring substituents is 1. The Kier molecular flexibility index (Phi) is 4.92. The Morgan fingerprint density at radius 2 is 1.85 bits per heavy atom. The van der Waals surface area contributed by atoms with Gasteiger partial charge >= 0.3 is 6.18 Å². The van der Waals surface area contributed by atoms with Crippen molar-refractivity contribution in [3.05, 3.63) is 46.1 Å². The zero-order chi connectivity index (χ0) is 18.7. The smallest absolute Gasteiger partial charge is 0.423 e. The summed E-state index contributed by atoms with van der Waals surface area (Å²) >= 11 is 0. The van der Waals surface area contributed by atoms with Gasteiger partial charge in [-0.2, -0.15) is 18.2 Å². The van der Waals surface area contributed by atoms with E-state index in [0.29, 0.717) is 24.7 Å². The molecule has 2 aromatic rings. The molecule has 0 aliphatic heterocycles. The zero-order valence-corrected chi connectivity index (χ0v) is 13.5. The van der Waals surface area contributed by atoms with E-state index in [9.17, 15) is 23.3 Å². The van der Waals surface area contributed by atoms with E-state index in [1.807, 2.05) is 0 Å². The van der Waals surface area contributed by atoms with Crippen molar-refractivity contribution in [1.82, 2.24) is 9.97 Å². The molecular weight excluding hydrogens is 353 g/mol. The van der Waals surface area contributed by atoms with E-state index < -0.39 is 22.5 Å². The van der Waals surface area contributed by atoms with Crippen LogP contribution in [0.4, 0.5) is 30.5 Å². The largest absolute Gasteiger partial charge is 0.474 e. The minimum atomic E-state index is -4.63. The predicted octanol–water partition coefficient (Wildman–Crippen LogP) is 4.47. The number of anilines is 2. The number of ether oxygens (including phenoxy) is 1. The Morgan fingerprint density at radius 1 is 1.19 bits per heavy atom. The van der Waals surface area contributed by atoms with Crippen LogP contribution in [0.25, 0.3) is 0 Å². The summed E-state index contributed by atoms with van der Waals surface area (Å²) in [5.41, 5.74) is -0.727. The van der Waals surface area contributed by atoms with Crippen LogP contribution in [0.5, 0.6) is 5.88 Å². The molecule has 138 valence electrons. The van der Waals surface area contributed by atoms with Gasteiger partial charge in [-0.3, -0.25) is 10.1 Å². The fourth-order valence-corrected chi connectivity index (χ4v) is 2.67. The van der Waals surface area contributed by atoms with Gasteiger partial charge in [0.15, 0.2) is 0 Å². The van der Waals surface area contributed by atoms with Crippen LogP contribution in [0.1, 0.15) is 31.2 Å². The lowest BCUT2D eigenvalue weighted by atomic mass is 10.3. The summed E-state index contributed by atoms with van der Waals surface area (Å²) in [5.74, 6) is -0.594. The van der Waals surface area contributed by atoms with E-state index in [0.717, 1.165) is 12.8 Å². The first-order chi connectivity index (χ1) is 12.3. The normalized spacial score (nSPS) is 15.0. The van der Waals surface area contributed by atoms with Crippen molar-refractivity contribution in [2.45, 2.75) is 38.0 Å². The number of aromatic nitrogens is 2. The molecule has 0 atom stereocenters. The van der Waals surface area contributed by atoms with Crippen LogP contribution in [0.2, 0.25) is 0 Å². The number of nitro benzene ring substituents is 1. The van der Waals surface area contributed by atoms with Crippen molar-refractivity contribution in [2.24, 2.45) is 0 Å². The number of nitrogens with one attached hydrogen (secondary N) is 1. The summed E-state index contributed by atoms with van der Waals surface area (Å²) in [4.78, 5) is 17.6. The average molecular weight is 368 g/mol. The monoisotopic (exact) mass is 368 g/mol. The van der Waals surface area contributed by atoms with Gasteiger partial charge in [-0.15, -0.1) is 0 Å². The fourth-order valence-electron chi connectivity index (χ4n) is 2.67. The molecule has 26 heavy (non-hydrogen) atoms. The zero-order valence-electron chi connectivity index (χ0n) is 13.5. The number of hydrogen-bond acceptors (Lipinski definition) is 6. The maximum Gasteiger partial charge on any atom is 0.423 e. The number of alkyl halides is 3. The first kappa shape index (κ1) is 17.9. The van der Waals surface area contributed by atoms with Gasteiger partial charge in [-0.25, -0.2) is 4.98 Å². The molecule has 1 aromatic heterocycles. The van der Waals surface area contributed by atoms with E-state index in [1.54, 1.807) is 0 Å². The maximum atomic E-state index is 13.2. The molecule has 0 spiro atoms. The van der Waals surface area contributed by atoms with E-state index in [1.165, 1.54) is 24.3 Å². The van der Waals surface area contributed by atoms with Crippen molar-refractivity contribution in [2.75, 3.05) is 5.32 Å². The number of hydrogen-bond donors (Lipinski definition) is 1. The molecule has 0 radical (unpaired) electrons. The van der Waals surface area contributed by atoms with Crippen LogP contribution in [-0.2, 0) is 6.18 Å². The molecule has 0 amide bonds. The lowest BCUT2D eigenvalue weighted by Crippen LogP contribution is -2.17. The Bertz CT molecular complexity index is 790. The number of nitrogens with zero attached hydrogens (tertiary/aromatic N) is 3. The number of benzene rings is 1. The molecule has 1 N–H and O–H groups in total. The molecule has 0 unspecified atom stereocenters. The Hall–Kier alpha value is -2.91. The van der Waals surface area contributed by atoms with Gasteiger partial charge in [-0.05, 0) is 37.8 Å². The molecule has 0 saturated heterocycles. The van der Waals surface area contributed by atoms with Gasteiger partial charge in [0.25, 0.3) is 5.69 Å². The molecule has 1 aliphatic rings. The SMILES string of the molecule is O=[N+]([O-])c1ccc(Nc2ncc(C(F)(F)F)c(OC3CCCC3)n2)cc1. The Morgan fingerprint density at radius 3 is 2.42 bits per heavy atom. The van der Waals surface area contributed by atoms with Gasteiger partial charge in [0.05, 0.1) is 4.92 Å². The maximum absolute atomic E-state index is 13.2. The lowest BCUT2D eigenvalue weighted by Gasteiger charge is -2.17. The highest BCUT2D eigenvalue weighted by Gasteiger charge is 2.37. The van der Waals surface area contributed by atoms with Crippen LogP contribution in [0.15, 0.2) is 30.5 Å². The second-order valence-electron chi connectivity index (χ2n) is 5.86. The quantitative estimate of drug-likeness (QED) is 0.619. The topological polar surface area (TPSA) is 90.2 Å². The molecule has 1 heterocycles. The lowest BCUT2D eigenvalue weighted by molar-refractivity contribution is -0.384. The molecule has 1 saturated carbocycles. The minimum absolute atomic E-state index is 0.0835. The second-order valence-corrected chi connectivity index (χ2v) is 5.86. The number of nitro groups is 1. The van der Waals surface area contributed by atoms with Crippen molar-refractivity contribution >= 4 is 17.3 Å². The van der Waals surface area contributed by atoms with Gasteiger partial charge < -0.3 is 10.1 Å². The van der Waals surface area contributed by atoms with E-state index >= 15 is 0 Å². The third-order valence-corrected chi connectivity index (χ3v) is 3.97. The standard InChI is InChI=1S/C16H15F3N4O3/c17-16(18,19)13-9-20-15(22-14(13)26-12-3-1-2-4-12)21-10-5-7-11(8-6-10)23(24)25/h5-9,12H,1-4H2,(H,20,21,22). The van der Waals surface area contributed by atoms with Crippen molar-refractivity contribution in [3.63, 3.8) is 0 Å². The van der Waals surface area contributed by atoms with Crippen molar-refractivity contribution in [3.8, 4) is 5.88 Å². The van der Waals surface area contributed by atoms with Crippen LogP contribution < -0.4 is 10.1 Å². The summed E-state index contributed by atoms with van der Waals surface area (Å²) in [5, 5.41) is 13.4. The van der Waals surface area contributed by atoms with Gasteiger partial charge in [0.1, 0.15) is 11.7 Å². The fraction of sp³-hybridized carbons (Fsp3) is 0.375.